The lowest BCUT2D eigenvalue weighted by Gasteiger charge is -2.25. The number of nitrogens with two attached hydrogens (primary N) is 2. The van der Waals surface area contributed by atoms with Crippen LogP contribution in [0.15, 0.2) is 4.99 Å². The number of alkyl halides is 3. The fraction of sp³-hybridized carbons (Fsp3) is 0.667. The Morgan fingerprint density at radius 1 is 1.00 bits per heavy atom. The van der Waals surface area contributed by atoms with E-state index < -0.39 is 78.9 Å². The number of aliphatic hydroxyl groups excluding tert-OH is 1. The van der Waals surface area contributed by atoms with E-state index in [1.165, 1.54) is 0 Å². The minimum absolute atomic E-state index is 0.106. The Hall–Kier alpha value is -4.20. The number of halogens is 3. The van der Waals surface area contributed by atoms with E-state index in [0.717, 1.165) is 0 Å². The molecular formula is C21H33F3N8O9. The van der Waals surface area contributed by atoms with Crippen LogP contribution in [-0.4, -0.2) is 125 Å². The summed E-state index contributed by atoms with van der Waals surface area (Å²) >= 11 is 0. The van der Waals surface area contributed by atoms with Gasteiger partial charge in [-0.15, -0.1) is 0 Å². The fourth-order valence-electron chi connectivity index (χ4n) is 3.92. The van der Waals surface area contributed by atoms with Gasteiger partial charge in [0, 0.05) is 25.7 Å². The summed E-state index contributed by atoms with van der Waals surface area (Å²) in [6.45, 7) is -0.148. The number of amides is 4. The van der Waals surface area contributed by atoms with E-state index in [1.807, 2.05) is 0 Å². The first-order valence-corrected chi connectivity index (χ1v) is 12.1. The zero-order chi connectivity index (χ0) is 31.3. The van der Waals surface area contributed by atoms with Crippen LogP contribution in [0.2, 0.25) is 0 Å². The van der Waals surface area contributed by atoms with E-state index in [2.05, 4.69) is 26.3 Å². The van der Waals surface area contributed by atoms with Crippen LogP contribution in [0.4, 0.5) is 13.2 Å². The molecule has 4 atom stereocenters. The van der Waals surface area contributed by atoms with Gasteiger partial charge in [-0.05, 0) is 19.3 Å². The molecule has 2 rings (SSSR count). The molecule has 2 bridgehead atoms. The Morgan fingerprint density at radius 3 is 2.17 bits per heavy atom. The number of hydrogen-bond acceptors (Lipinski definition) is 9. The number of carboxylic acid groups (broad SMARTS) is 2. The van der Waals surface area contributed by atoms with Gasteiger partial charge in [0.1, 0.15) is 12.1 Å². The Labute approximate surface area is 230 Å². The highest BCUT2D eigenvalue weighted by Gasteiger charge is 2.40. The third-order valence-corrected chi connectivity index (χ3v) is 5.71. The number of nitrogens with zero attached hydrogens (tertiary/aromatic N) is 2. The van der Waals surface area contributed by atoms with Crippen LogP contribution in [0.1, 0.15) is 25.7 Å². The second kappa shape index (κ2) is 16.2. The molecule has 41 heavy (non-hydrogen) atoms. The lowest BCUT2D eigenvalue weighted by Crippen LogP contribution is -2.55. The Kier molecular flexibility index (Phi) is 13.7. The number of aliphatic hydroxyl groups is 1. The number of carboxylic acids is 2. The van der Waals surface area contributed by atoms with Crippen LogP contribution in [0.25, 0.3) is 0 Å². The summed E-state index contributed by atoms with van der Waals surface area (Å²) in [6, 6.07) is -3.61. The van der Waals surface area contributed by atoms with Gasteiger partial charge in [-0.2, -0.15) is 13.2 Å². The fourth-order valence-corrected chi connectivity index (χ4v) is 3.92. The largest absolute Gasteiger partial charge is 0.490 e. The van der Waals surface area contributed by atoms with Crippen LogP contribution < -0.4 is 32.7 Å². The number of likely N-dealkylation sites (tertiary alicyclic amines) is 1. The molecular weight excluding hydrogens is 565 g/mol. The monoisotopic (exact) mass is 598 g/mol. The highest BCUT2D eigenvalue weighted by atomic mass is 19.4. The molecule has 232 valence electrons. The van der Waals surface area contributed by atoms with Gasteiger partial charge < -0.3 is 48.1 Å². The molecule has 0 aliphatic carbocycles. The molecule has 0 aromatic rings. The molecule has 0 aromatic carbocycles. The SMILES string of the molecule is NC(N)=NCCC[C@@H]1NC(=O)[C@@H]2C[C@@H](CN2CCO)NC(=O)[C@H](CC(=O)O)NC(=O)CNC1=O.O=C(O)C(F)(F)F. The Bertz CT molecular complexity index is 1010. The van der Waals surface area contributed by atoms with Gasteiger partial charge in [0.2, 0.25) is 23.6 Å². The Morgan fingerprint density at radius 2 is 1.63 bits per heavy atom. The minimum atomic E-state index is -5.08. The van der Waals surface area contributed by atoms with Crippen molar-refractivity contribution in [2.45, 2.75) is 56.0 Å². The van der Waals surface area contributed by atoms with Crippen molar-refractivity contribution in [2.24, 2.45) is 16.5 Å². The number of carbonyl (C=O) groups is 6. The average molecular weight is 599 g/mol. The van der Waals surface area contributed by atoms with Crippen LogP contribution in [0.3, 0.4) is 0 Å². The second-order valence-corrected chi connectivity index (χ2v) is 8.92. The number of rotatable bonds is 8. The first-order chi connectivity index (χ1) is 19.0. The predicted molar refractivity (Wildman–Crippen MR) is 132 cm³/mol. The van der Waals surface area contributed by atoms with Crippen LogP contribution in [-0.2, 0) is 28.8 Å². The highest BCUT2D eigenvalue weighted by molar-refractivity contribution is 5.95. The predicted octanol–water partition coefficient (Wildman–Crippen LogP) is -4.20. The van der Waals surface area contributed by atoms with E-state index in [1.54, 1.807) is 4.90 Å². The van der Waals surface area contributed by atoms with Crippen LogP contribution in [0.5, 0.6) is 0 Å². The van der Waals surface area contributed by atoms with Gasteiger partial charge in [-0.1, -0.05) is 0 Å². The summed E-state index contributed by atoms with van der Waals surface area (Å²) < 4.78 is 31.7. The number of carbonyl (C=O) groups excluding carboxylic acids is 4. The third kappa shape index (κ3) is 12.7. The van der Waals surface area contributed by atoms with E-state index in [-0.39, 0.29) is 45.0 Å². The van der Waals surface area contributed by atoms with E-state index in [4.69, 9.17) is 26.5 Å². The highest BCUT2D eigenvalue weighted by Crippen LogP contribution is 2.19. The van der Waals surface area contributed by atoms with Crippen molar-refractivity contribution in [3.8, 4) is 0 Å². The molecule has 20 heteroatoms. The molecule has 2 aliphatic rings. The molecule has 0 unspecified atom stereocenters. The second-order valence-electron chi connectivity index (χ2n) is 8.92. The van der Waals surface area contributed by atoms with Gasteiger partial charge in [0.15, 0.2) is 5.96 Å². The number of β-amino-alcohol motifs (C(OH)–C–C–N with tert-alkyl or cyclic N) is 1. The smallest absolute Gasteiger partial charge is 0.481 e. The number of aliphatic carboxylic acids is 2. The lowest BCUT2D eigenvalue weighted by atomic mass is 10.1. The molecule has 2 saturated heterocycles. The van der Waals surface area contributed by atoms with Crippen LogP contribution in [0, 0.1) is 0 Å². The molecule has 0 radical (unpaired) electrons. The van der Waals surface area contributed by atoms with E-state index in [0.29, 0.717) is 6.42 Å². The van der Waals surface area contributed by atoms with Crippen molar-refractivity contribution in [2.75, 3.05) is 32.8 Å². The van der Waals surface area contributed by atoms with Crippen molar-refractivity contribution in [1.29, 1.82) is 0 Å². The number of nitrogens with one attached hydrogen (secondary N) is 4. The van der Waals surface area contributed by atoms with Crippen LogP contribution >= 0.6 is 0 Å². The first-order valence-electron chi connectivity index (χ1n) is 12.1. The van der Waals surface area contributed by atoms with Crippen molar-refractivity contribution < 1.29 is 57.3 Å². The molecule has 4 amide bonds. The summed E-state index contributed by atoms with van der Waals surface area (Å²) in [7, 11) is 0. The molecule has 0 spiro atoms. The normalized spacial score (nSPS) is 23.9. The molecule has 0 saturated carbocycles. The lowest BCUT2D eigenvalue weighted by molar-refractivity contribution is -0.192. The standard InChI is InChI=1S/C19H32N8O7.C2HF3O2/c20-19(21)22-3-1-2-11-16(32)23-8-14(29)25-12(7-15(30)31)17(33)24-10-6-13(18(34)26-11)27(9-10)4-5-28;3-2(4,5)1(6)7/h10-13,28H,1-9H2,(H,23,32)(H,24,33)(H,25,29)(H,26,34)(H,30,31)(H4,20,21,22);(H,6,7)/t10-,11-,12-,13-;/m0./s1. The minimum Gasteiger partial charge on any atom is -0.481 e. The van der Waals surface area contributed by atoms with E-state index in [9.17, 15) is 42.3 Å². The summed E-state index contributed by atoms with van der Waals surface area (Å²) in [4.78, 5) is 76.2. The van der Waals surface area contributed by atoms with Gasteiger partial charge in [0.25, 0.3) is 0 Å². The first kappa shape index (κ1) is 34.8. The average Bonchev–Trinajstić information content (AvgIpc) is 3.25. The quantitative estimate of drug-likeness (QED) is 0.0731. The zero-order valence-electron chi connectivity index (χ0n) is 21.6. The maximum Gasteiger partial charge on any atom is 0.490 e. The topological polar surface area (TPSA) is 279 Å². The van der Waals surface area contributed by atoms with Crippen molar-refractivity contribution in [3.05, 3.63) is 0 Å². The third-order valence-electron chi connectivity index (χ3n) is 5.71. The van der Waals surface area contributed by atoms with Gasteiger partial charge >= 0.3 is 18.1 Å². The van der Waals surface area contributed by atoms with E-state index >= 15 is 0 Å². The van der Waals surface area contributed by atoms with Crippen molar-refractivity contribution >= 4 is 41.5 Å². The Balaban J connectivity index is 0.00000106. The van der Waals surface area contributed by atoms with Crippen molar-refractivity contribution in [3.63, 3.8) is 0 Å². The number of fused-ring (bicyclic) bond motifs is 2. The van der Waals surface area contributed by atoms with Gasteiger partial charge in [-0.3, -0.25) is 33.9 Å². The molecule has 0 aromatic heterocycles. The summed E-state index contributed by atoms with van der Waals surface area (Å²) in [6.07, 6.45) is -5.01. The van der Waals surface area contributed by atoms with Gasteiger partial charge in [0.05, 0.1) is 25.6 Å². The number of guanidine groups is 1. The maximum atomic E-state index is 13.0. The number of aliphatic imine (C=N–C) groups is 1. The molecule has 2 aliphatic heterocycles. The zero-order valence-corrected chi connectivity index (χ0v) is 21.6. The maximum absolute atomic E-state index is 13.0. The number of hydrogen-bond donors (Lipinski definition) is 9. The summed E-state index contributed by atoms with van der Waals surface area (Å²) in [5.74, 6) is -6.74. The van der Waals surface area contributed by atoms with Crippen molar-refractivity contribution in [1.82, 2.24) is 26.2 Å². The molecule has 17 nitrogen and oxygen atoms in total. The summed E-state index contributed by atoms with van der Waals surface area (Å²) in [5.41, 5.74) is 10.6. The van der Waals surface area contributed by atoms with Gasteiger partial charge in [-0.25, -0.2) is 4.79 Å². The molecule has 2 fully saturated rings. The molecule has 11 N–H and O–H groups in total. The summed E-state index contributed by atoms with van der Waals surface area (Å²) in [5, 5.41) is 35.7. The molecule has 2 heterocycles.